The summed E-state index contributed by atoms with van der Waals surface area (Å²) in [6.45, 7) is 0. The number of carbonyl (C=O) groups excluding carboxylic acids is 1. The summed E-state index contributed by atoms with van der Waals surface area (Å²) in [5.74, 6) is -1.24. The van der Waals surface area contributed by atoms with Gasteiger partial charge in [0.25, 0.3) is 11.5 Å². The molecule has 1 amide bonds. The molecule has 2 N–H and O–H groups in total. The Morgan fingerprint density at radius 3 is 2.18 bits per heavy atom. The molecular weight excluding hydrogens is 475 g/mol. The Balaban J connectivity index is 2.06. The summed E-state index contributed by atoms with van der Waals surface area (Å²) in [7, 11) is 0. The second kappa shape index (κ2) is 8.67. The SMILES string of the molecule is C#Cc1cc(NC(=O)c2ccc(-c3ccnnc3)nn2)c(C(O)(C(F)(F)F)C(F)(F)F)cc1F. The minimum absolute atomic E-state index is 0.229. The van der Waals surface area contributed by atoms with Crippen molar-refractivity contribution in [3.05, 3.63) is 65.4 Å². The van der Waals surface area contributed by atoms with E-state index in [9.17, 15) is 40.6 Å². The molecule has 0 saturated carbocycles. The lowest BCUT2D eigenvalue weighted by atomic mass is 9.89. The zero-order valence-corrected chi connectivity index (χ0v) is 16.4. The van der Waals surface area contributed by atoms with Gasteiger partial charge in [-0.3, -0.25) is 4.79 Å². The van der Waals surface area contributed by atoms with Crippen LogP contribution in [0.3, 0.4) is 0 Å². The van der Waals surface area contributed by atoms with Crippen molar-refractivity contribution in [2.75, 3.05) is 5.32 Å². The smallest absolute Gasteiger partial charge is 0.369 e. The molecule has 3 rings (SSSR count). The van der Waals surface area contributed by atoms with Crippen LogP contribution in [0.1, 0.15) is 21.6 Å². The summed E-state index contributed by atoms with van der Waals surface area (Å²) in [5, 5.41) is 25.9. The molecule has 176 valence electrons. The van der Waals surface area contributed by atoms with Gasteiger partial charge < -0.3 is 10.4 Å². The number of rotatable bonds is 4. The summed E-state index contributed by atoms with van der Waals surface area (Å²) in [6, 6.07) is 3.98. The summed E-state index contributed by atoms with van der Waals surface area (Å²) in [6.07, 6.45) is -4.98. The first-order chi connectivity index (χ1) is 15.8. The average Bonchev–Trinajstić information content (AvgIpc) is 2.78. The molecule has 2 aromatic heterocycles. The lowest BCUT2D eigenvalue weighted by Crippen LogP contribution is -2.54. The second-order valence-corrected chi connectivity index (χ2v) is 6.62. The van der Waals surface area contributed by atoms with Gasteiger partial charge in [0.2, 0.25) is 0 Å². The van der Waals surface area contributed by atoms with Crippen molar-refractivity contribution >= 4 is 11.6 Å². The maximum atomic E-state index is 14.1. The van der Waals surface area contributed by atoms with Crippen molar-refractivity contribution in [1.29, 1.82) is 0 Å². The van der Waals surface area contributed by atoms with Crippen LogP contribution in [0.4, 0.5) is 36.4 Å². The zero-order chi connectivity index (χ0) is 25.3. The first-order valence-corrected chi connectivity index (χ1v) is 8.88. The van der Waals surface area contributed by atoms with E-state index in [1.807, 2.05) is 0 Å². The van der Waals surface area contributed by atoms with Crippen molar-refractivity contribution in [3.8, 4) is 23.6 Å². The number of hydrogen-bond donors (Lipinski definition) is 2. The first-order valence-electron chi connectivity index (χ1n) is 8.88. The van der Waals surface area contributed by atoms with Gasteiger partial charge in [-0.1, -0.05) is 5.92 Å². The maximum absolute atomic E-state index is 14.1. The normalized spacial score (nSPS) is 12.2. The third kappa shape index (κ3) is 4.37. The van der Waals surface area contributed by atoms with E-state index >= 15 is 0 Å². The molecule has 2 heterocycles. The number of hydrogen-bond acceptors (Lipinski definition) is 6. The highest BCUT2D eigenvalue weighted by Crippen LogP contribution is 2.52. The fourth-order valence-corrected chi connectivity index (χ4v) is 2.79. The predicted molar refractivity (Wildman–Crippen MR) is 101 cm³/mol. The van der Waals surface area contributed by atoms with Crippen LogP contribution in [-0.2, 0) is 5.60 Å². The summed E-state index contributed by atoms with van der Waals surface area (Å²) >= 11 is 0. The molecule has 0 aliphatic carbocycles. The highest BCUT2D eigenvalue weighted by molar-refractivity contribution is 6.03. The highest BCUT2D eigenvalue weighted by atomic mass is 19.4. The molecule has 0 aliphatic heterocycles. The molecule has 0 bridgehead atoms. The van der Waals surface area contributed by atoms with Gasteiger partial charge in [0, 0.05) is 16.8 Å². The predicted octanol–water partition coefficient (Wildman–Crippen LogP) is 3.62. The van der Waals surface area contributed by atoms with Gasteiger partial charge in [-0.2, -0.15) is 36.5 Å². The number of nitrogens with one attached hydrogen (secondary N) is 1. The molecule has 34 heavy (non-hydrogen) atoms. The zero-order valence-electron chi connectivity index (χ0n) is 16.4. The number of benzene rings is 1. The number of nitrogens with zero attached hydrogens (tertiary/aromatic N) is 4. The van der Waals surface area contributed by atoms with Gasteiger partial charge in [0.15, 0.2) is 5.69 Å². The third-order valence-electron chi connectivity index (χ3n) is 4.50. The number of aliphatic hydroxyl groups is 1. The molecule has 0 atom stereocenters. The van der Waals surface area contributed by atoms with Crippen LogP contribution in [0.15, 0.2) is 42.7 Å². The molecule has 1 aromatic carbocycles. The van der Waals surface area contributed by atoms with Crippen molar-refractivity contribution in [2.24, 2.45) is 0 Å². The fraction of sp³-hybridized carbons (Fsp3) is 0.150. The van der Waals surface area contributed by atoms with Crippen LogP contribution in [0.2, 0.25) is 0 Å². The minimum atomic E-state index is -6.34. The molecule has 0 spiro atoms. The molecule has 0 radical (unpaired) electrons. The monoisotopic (exact) mass is 485 g/mol. The number of anilines is 1. The van der Waals surface area contributed by atoms with E-state index in [-0.39, 0.29) is 11.8 Å². The number of carbonyl (C=O) groups is 1. The van der Waals surface area contributed by atoms with E-state index in [2.05, 4.69) is 20.4 Å². The number of terminal acetylenes is 1. The minimum Gasteiger partial charge on any atom is -0.369 e. The fourth-order valence-electron chi connectivity index (χ4n) is 2.79. The molecule has 7 nitrogen and oxygen atoms in total. The van der Waals surface area contributed by atoms with E-state index in [1.165, 1.54) is 24.5 Å². The van der Waals surface area contributed by atoms with Crippen molar-refractivity contribution < 1.29 is 40.6 Å². The van der Waals surface area contributed by atoms with Crippen LogP contribution < -0.4 is 5.32 Å². The standard InChI is InChI=1S/C20H10F7N5O2/c1-2-10-7-16(12(8-13(10)21)18(34,19(22,23)24)20(25,26)27)30-17(33)15-4-3-14(31-32-15)11-5-6-28-29-9-11/h1,3-9,34H,(H,30,33). The maximum Gasteiger partial charge on any atom is 0.430 e. The summed E-state index contributed by atoms with van der Waals surface area (Å²) in [4.78, 5) is 12.5. The molecular formula is C20H10F7N5O2. The van der Waals surface area contributed by atoms with E-state index in [0.717, 1.165) is 6.07 Å². The highest BCUT2D eigenvalue weighted by Gasteiger charge is 2.72. The summed E-state index contributed by atoms with van der Waals surface area (Å²) in [5.41, 5.74) is -9.39. The lowest BCUT2D eigenvalue weighted by molar-refractivity contribution is -0.376. The number of alkyl halides is 6. The van der Waals surface area contributed by atoms with E-state index < -0.39 is 52.2 Å². The Morgan fingerprint density at radius 2 is 1.68 bits per heavy atom. The van der Waals surface area contributed by atoms with Gasteiger partial charge in [-0.25, -0.2) is 4.39 Å². The second-order valence-electron chi connectivity index (χ2n) is 6.62. The Morgan fingerprint density at radius 1 is 1.00 bits per heavy atom. The van der Waals surface area contributed by atoms with E-state index in [4.69, 9.17) is 6.42 Å². The van der Waals surface area contributed by atoms with Crippen molar-refractivity contribution in [3.63, 3.8) is 0 Å². The third-order valence-corrected chi connectivity index (χ3v) is 4.50. The van der Waals surface area contributed by atoms with Gasteiger partial charge in [-0.15, -0.1) is 16.6 Å². The molecule has 3 aromatic rings. The summed E-state index contributed by atoms with van der Waals surface area (Å²) < 4.78 is 94.3. The molecule has 0 unspecified atom stereocenters. The van der Waals surface area contributed by atoms with Gasteiger partial charge >= 0.3 is 12.4 Å². The number of aromatic nitrogens is 4. The van der Waals surface area contributed by atoms with Crippen molar-refractivity contribution in [2.45, 2.75) is 18.0 Å². The van der Waals surface area contributed by atoms with Gasteiger partial charge in [0.1, 0.15) is 5.82 Å². The van der Waals surface area contributed by atoms with Crippen LogP contribution in [0.5, 0.6) is 0 Å². The molecule has 14 heteroatoms. The Labute approximate surface area is 185 Å². The average molecular weight is 485 g/mol. The van der Waals surface area contributed by atoms with Gasteiger partial charge in [-0.05, 0) is 30.3 Å². The topological polar surface area (TPSA) is 101 Å². The first kappa shape index (κ1) is 24.5. The van der Waals surface area contributed by atoms with E-state index in [0.29, 0.717) is 11.6 Å². The Bertz CT molecular complexity index is 1240. The van der Waals surface area contributed by atoms with E-state index in [1.54, 1.807) is 11.2 Å². The Kier molecular flexibility index (Phi) is 6.25. The lowest BCUT2D eigenvalue weighted by Gasteiger charge is -2.34. The van der Waals surface area contributed by atoms with Crippen LogP contribution in [-0.4, -0.2) is 43.8 Å². The van der Waals surface area contributed by atoms with Crippen LogP contribution in [0.25, 0.3) is 11.3 Å². The largest absolute Gasteiger partial charge is 0.430 e. The number of halogens is 7. The quantitative estimate of drug-likeness (QED) is 0.433. The van der Waals surface area contributed by atoms with Gasteiger partial charge in [0.05, 0.1) is 23.7 Å². The molecule has 0 aliphatic rings. The Hall–Kier alpha value is -4.12. The van der Waals surface area contributed by atoms with Crippen molar-refractivity contribution in [1.82, 2.24) is 20.4 Å². The van der Waals surface area contributed by atoms with Crippen LogP contribution in [0, 0.1) is 18.2 Å². The number of amides is 1. The molecule has 0 saturated heterocycles. The molecule has 0 fully saturated rings. The van der Waals surface area contributed by atoms with Crippen LogP contribution >= 0.6 is 0 Å².